The molecule has 4 heteroatoms. The molecule has 82 valence electrons. The molecule has 1 heterocycles. The highest BCUT2D eigenvalue weighted by atomic mass is 32.1. The van der Waals surface area contributed by atoms with E-state index < -0.39 is 11.7 Å². The van der Waals surface area contributed by atoms with Gasteiger partial charge < -0.3 is 0 Å². The molecule has 0 saturated carbocycles. The quantitative estimate of drug-likeness (QED) is 0.745. The Bertz CT molecular complexity index is 477. The van der Waals surface area contributed by atoms with Crippen molar-refractivity contribution in [2.45, 2.75) is 5.92 Å². The van der Waals surface area contributed by atoms with Gasteiger partial charge in [0.15, 0.2) is 0 Å². The highest BCUT2D eigenvalue weighted by molar-refractivity contribution is 7.10. The smallest absolute Gasteiger partial charge is 0.287 e. The van der Waals surface area contributed by atoms with E-state index in [4.69, 9.17) is 0 Å². The van der Waals surface area contributed by atoms with Gasteiger partial charge in [-0.3, -0.25) is 4.79 Å². The van der Waals surface area contributed by atoms with Crippen LogP contribution in [0.4, 0.5) is 8.78 Å². The first kappa shape index (κ1) is 11.0. The molecule has 2 rings (SSSR count). The molecular formula is C12H8F2OS. The fraction of sp³-hybridized carbons (Fsp3) is 0.0833. The van der Waals surface area contributed by atoms with Crippen molar-refractivity contribution in [1.82, 2.24) is 0 Å². The van der Waals surface area contributed by atoms with Crippen LogP contribution in [0.1, 0.15) is 15.2 Å². The molecule has 0 atom stereocenters. The van der Waals surface area contributed by atoms with Gasteiger partial charge in [-0.2, -0.15) is 8.78 Å². The van der Waals surface area contributed by atoms with Crippen LogP contribution in [0.2, 0.25) is 0 Å². The first-order chi connectivity index (χ1) is 7.62. The molecule has 0 aliphatic carbocycles. The molecular weight excluding hydrogens is 230 g/mol. The van der Waals surface area contributed by atoms with Crippen molar-refractivity contribution in [3.05, 3.63) is 58.3 Å². The maximum absolute atomic E-state index is 13.7. The number of Topliss-reactive ketones (excluding diaryl/α,β-unsaturated/α-hetero) is 1. The minimum absolute atomic E-state index is 0.0286. The van der Waals surface area contributed by atoms with Crippen molar-refractivity contribution in [3.63, 3.8) is 0 Å². The van der Waals surface area contributed by atoms with E-state index in [0.29, 0.717) is 0 Å². The van der Waals surface area contributed by atoms with Gasteiger partial charge in [-0.25, -0.2) is 0 Å². The third kappa shape index (κ3) is 1.88. The molecule has 0 saturated heterocycles. The number of alkyl halides is 2. The Labute approximate surface area is 95.4 Å². The summed E-state index contributed by atoms with van der Waals surface area (Å²) in [4.78, 5) is 11.4. The summed E-state index contributed by atoms with van der Waals surface area (Å²) in [6, 6.07) is 10.4. The van der Waals surface area contributed by atoms with Crippen LogP contribution < -0.4 is 0 Å². The first-order valence-corrected chi connectivity index (χ1v) is 5.52. The fourth-order valence-electron chi connectivity index (χ4n) is 1.34. The van der Waals surface area contributed by atoms with Gasteiger partial charge in [-0.1, -0.05) is 36.4 Å². The first-order valence-electron chi connectivity index (χ1n) is 4.64. The zero-order chi connectivity index (χ0) is 11.6. The van der Waals surface area contributed by atoms with Crippen LogP contribution >= 0.6 is 11.3 Å². The third-order valence-electron chi connectivity index (χ3n) is 2.15. The predicted molar refractivity (Wildman–Crippen MR) is 59.0 cm³/mol. The minimum Gasteiger partial charge on any atom is -0.287 e. The van der Waals surface area contributed by atoms with E-state index in [2.05, 4.69) is 0 Å². The largest absolute Gasteiger partial charge is 0.343 e. The van der Waals surface area contributed by atoms with Crippen LogP contribution in [0, 0.1) is 0 Å². The molecule has 0 radical (unpaired) electrons. The van der Waals surface area contributed by atoms with Gasteiger partial charge in [0.05, 0.1) is 4.88 Å². The van der Waals surface area contributed by atoms with Crippen LogP contribution in [0.15, 0.2) is 47.8 Å². The van der Waals surface area contributed by atoms with Crippen LogP contribution in [-0.4, -0.2) is 5.78 Å². The lowest BCUT2D eigenvalue weighted by atomic mass is 10.0. The number of hydrogen-bond donors (Lipinski definition) is 0. The lowest BCUT2D eigenvalue weighted by molar-refractivity contribution is 0.00976. The molecule has 1 nitrogen and oxygen atoms in total. The van der Waals surface area contributed by atoms with Gasteiger partial charge in [0.25, 0.3) is 0 Å². The maximum Gasteiger partial charge on any atom is 0.343 e. The van der Waals surface area contributed by atoms with E-state index >= 15 is 0 Å². The van der Waals surface area contributed by atoms with Crippen molar-refractivity contribution >= 4 is 17.1 Å². The van der Waals surface area contributed by atoms with Gasteiger partial charge in [-0.15, -0.1) is 11.3 Å². The molecule has 0 amide bonds. The van der Waals surface area contributed by atoms with Gasteiger partial charge in [0.1, 0.15) is 0 Å². The van der Waals surface area contributed by atoms with Crippen molar-refractivity contribution < 1.29 is 13.6 Å². The molecule has 0 fully saturated rings. The standard InChI is InChI=1S/C12H8F2OS/c13-12(14,10-7-4-8-16-10)11(15)9-5-2-1-3-6-9/h1-8H. The Balaban J connectivity index is 2.36. The Hall–Kier alpha value is -1.55. The molecule has 16 heavy (non-hydrogen) atoms. The summed E-state index contributed by atoms with van der Waals surface area (Å²) in [7, 11) is 0. The van der Waals surface area contributed by atoms with Crippen LogP contribution in [0.5, 0.6) is 0 Å². The van der Waals surface area contributed by atoms with Crippen LogP contribution in [0.25, 0.3) is 0 Å². The lowest BCUT2D eigenvalue weighted by Gasteiger charge is -2.12. The zero-order valence-corrected chi connectivity index (χ0v) is 9.01. The third-order valence-corrected chi connectivity index (χ3v) is 3.09. The maximum atomic E-state index is 13.7. The predicted octanol–water partition coefficient (Wildman–Crippen LogP) is 3.72. The Morgan fingerprint density at radius 2 is 1.75 bits per heavy atom. The van der Waals surface area contributed by atoms with E-state index in [9.17, 15) is 13.6 Å². The average molecular weight is 238 g/mol. The number of hydrogen-bond acceptors (Lipinski definition) is 2. The number of thiophene rings is 1. The summed E-state index contributed by atoms with van der Waals surface area (Å²) in [5, 5.41) is 1.53. The molecule has 0 N–H and O–H groups in total. The molecule has 0 bridgehead atoms. The number of rotatable bonds is 3. The number of carbonyl (C=O) groups excluding carboxylic acids is 1. The normalized spacial score (nSPS) is 11.4. The Morgan fingerprint density at radius 3 is 2.31 bits per heavy atom. The summed E-state index contributed by atoms with van der Waals surface area (Å²) < 4.78 is 27.5. The summed E-state index contributed by atoms with van der Waals surface area (Å²) in [6.45, 7) is 0. The highest BCUT2D eigenvalue weighted by Gasteiger charge is 2.42. The Morgan fingerprint density at radius 1 is 1.06 bits per heavy atom. The van der Waals surface area contributed by atoms with Gasteiger partial charge >= 0.3 is 5.92 Å². The molecule has 0 aliphatic rings. The molecule has 1 aromatic carbocycles. The molecule has 1 aromatic heterocycles. The summed E-state index contributed by atoms with van der Waals surface area (Å²) in [5.41, 5.74) is 0.0286. The van der Waals surface area contributed by atoms with E-state index in [1.807, 2.05) is 0 Å². The van der Waals surface area contributed by atoms with E-state index in [-0.39, 0.29) is 10.4 Å². The molecule has 2 aromatic rings. The van der Waals surface area contributed by atoms with Crippen LogP contribution in [0.3, 0.4) is 0 Å². The number of carbonyl (C=O) groups is 1. The summed E-state index contributed by atoms with van der Waals surface area (Å²) in [6.07, 6.45) is 0. The molecule has 0 spiro atoms. The minimum atomic E-state index is -3.44. The van der Waals surface area contributed by atoms with Gasteiger partial charge in [-0.05, 0) is 11.4 Å². The highest BCUT2D eigenvalue weighted by Crippen LogP contribution is 2.34. The number of halogens is 2. The zero-order valence-electron chi connectivity index (χ0n) is 8.19. The number of ketones is 1. The fourth-order valence-corrected chi connectivity index (χ4v) is 2.04. The molecule has 0 aliphatic heterocycles. The molecule has 0 unspecified atom stereocenters. The topological polar surface area (TPSA) is 17.1 Å². The van der Waals surface area contributed by atoms with Gasteiger partial charge in [0.2, 0.25) is 5.78 Å². The van der Waals surface area contributed by atoms with Crippen molar-refractivity contribution in [1.29, 1.82) is 0 Å². The summed E-state index contributed by atoms with van der Waals surface area (Å²) >= 11 is 0.882. The number of benzene rings is 1. The van der Waals surface area contributed by atoms with Crippen molar-refractivity contribution in [3.8, 4) is 0 Å². The van der Waals surface area contributed by atoms with Gasteiger partial charge in [0, 0.05) is 5.56 Å². The average Bonchev–Trinajstić information content (AvgIpc) is 2.83. The second-order valence-corrected chi connectivity index (χ2v) is 4.19. The van der Waals surface area contributed by atoms with Crippen LogP contribution in [-0.2, 0) is 5.92 Å². The second kappa shape index (κ2) is 4.14. The van der Waals surface area contributed by atoms with Crippen molar-refractivity contribution in [2.75, 3.05) is 0 Å². The van der Waals surface area contributed by atoms with E-state index in [0.717, 1.165) is 11.3 Å². The van der Waals surface area contributed by atoms with E-state index in [1.54, 1.807) is 18.2 Å². The second-order valence-electron chi connectivity index (χ2n) is 3.25. The van der Waals surface area contributed by atoms with E-state index in [1.165, 1.54) is 29.6 Å². The SMILES string of the molecule is O=C(c1ccccc1)C(F)(F)c1cccs1. The van der Waals surface area contributed by atoms with Crippen molar-refractivity contribution in [2.24, 2.45) is 0 Å². The lowest BCUT2D eigenvalue weighted by Crippen LogP contribution is -2.24. The summed E-state index contributed by atoms with van der Waals surface area (Å²) in [5.74, 6) is -4.59. The Kier molecular flexibility index (Phi) is 2.83. The monoisotopic (exact) mass is 238 g/mol.